The van der Waals surface area contributed by atoms with Crippen LogP contribution in [0.1, 0.15) is 19.3 Å². The molecule has 1 atom stereocenters. The van der Waals surface area contributed by atoms with Gasteiger partial charge in [0.25, 0.3) is 0 Å². The van der Waals surface area contributed by atoms with Crippen LogP contribution in [0.15, 0.2) is 0 Å². The van der Waals surface area contributed by atoms with Crippen LogP contribution in [-0.4, -0.2) is 42.9 Å². The predicted octanol–water partition coefficient (Wildman–Crippen LogP) is -1.01. The second-order valence-electron chi connectivity index (χ2n) is 3.70. The maximum absolute atomic E-state index is 11.2. The van der Waals surface area contributed by atoms with Gasteiger partial charge in [-0.1, -0.05) is 0 Å². The van der Waals surface area contributed by atoms with Crippen molar-refractivity contribution < 1.29 is 14.6 Å². The molecule has 0 bridgehead atoms. The molecule has 5 nitrogen and oxygen atoms in total. The van der Waals surface area contributed by atoms with Crippen molar-refractivity contribution in [2.24, 2.45) is 5.73 Å². The molecule has 0 spiro atoms. The summed E-state index contributed by atoms with van der Waals surface area (Å²) in [5, 5.41) is 12.5. The van der Waals surface area contributed by atoms with Crippen molar-refractivity contribution in [3.05, 3.63) is 0 Å². The molecule has 1 saturated heterocycles. The highest BCUT2D eigenvalue weighted by Gasteiger charge is 2.32. The van der Waals surface area contributed by atoms with Gasteiger partial charge < -0.3 is 20.9 Å². The summed E-state index contributed by atoms with van der Waals surface area (Å²) in [6.07, 6.45) is 1.69. The van der Waals surface area contributed by atoms with Crippen LogP contribution in [0.4, 0.5) is 0 Å². The number of carbonyl (C=O) groups is 1. The van der Waals surface area contributed by atoms with E-state index in [0.717, 1.165) is 0 Å². The van der Waals surface area contributed by atoms with Crippen molar-refractivity contribution in [3.8, 4) is 0 Å². The van der Waals surface area contributed by atoms with E-state index in [-0.39, 0.29) is 12.5 Å². The highest BCUT2D eigenvalue weighted by molar-refractivity contribution is 5.75. The van der Waals surface area contributed by atoms with Crippen molar-refractivity contribution in [1.82, 2.24) is 5.32 Å². The van der Waals surface area contributed by atoms with E-state index in [1.54, 1.807) is 0 Å². The van der Waals surface area contributed by atoms with Crippen LogP contribution >= 0.6 is 0 Å². The van der Waals surface area contributed by atoms with Crippen molar-refractivity contribution >= 4 is 5.91 Å². The zero-order valence-corrected chi connectivity index (χ0v) is 8.29. The van der Waals surface area contributed by atoms with E-state index in [1.807, 2.05) is 0 Å². The van der Waals surface area contributed by atoms with Crippen LogP contribution in [-0.2, 0) is 9.53 Å². The molecule has 1 fully saturated rings. The van der Waals surface area contributed by atoms with Gasteiger partial charge in [0.15, 0.2) is 0 Å². The molecule has 1 unspecified atom stereocenters. The number of hydrogen-bond donors (Lipinski definition) is 3. The maximum atomic E-state index is 11.2. The summed E-state index contributed by atoms with van der Waals surface area (Å²) in [7, 11) is 0. The Morgan fingerprint density at radius 3 is 3.00 bits per heavy atom. The quantitative estimate of drug-likeness (QED) is 0.533. The summed E-state index contributed by atoms with van der Waals surface area (Å²) >= 11 is 0. The van der Waals surface area contributed by atoms with Crippen LogP contribution < -0.4 is 11.1 Å². The maximum Gasteiger partial charge on any atom is 0.220 e. The zero-order chi connectivity index (χ0) is 10.4. The Labute approximate surface area is 83.6 Å². The number of ether oxygens (including phenoxy) is 1. The van der Waals surface area contributed by atoms with Crippen molar-refractivity contribution in [2.75, 3.05) is 26.3 Å². The average molecular weight is 202 g/mol. The molecule has 1 aliphatic rings. The number of nitrogens with two attached hydrogens (primary N) is 1. The van der Waals surface area contributed by atoms with Gasteiger partial charge >= 0.3 is 0 Å². The van der Waals surface area contributed by atoms with E-state index in [0.29, 0.717) is 39.0 Å². The Hall–Kier alpha value is -0.650. The molecular formula is C9H18N2O3. The lowest BCUT2D eigenvalue weighted by molar-refractivity contribution is -0.122. The molecule has 1 rings (SSSR count). The molecule has 1 amide bonds. The van der Waals surface area contributed by atoms with Crippen LogP contribution in [0.5, 0.6) is 0 Å². The molecule has 1 heterocycles. The summed E-state index contributed by atoms with van der Waals surface area (Å²) in [5.41, 5.74) is 4.41. The van der Waals surface area contributed by atoms with Gasteiger partial charge in [0, 0.05) is 26.0 Å². The molecule has 82 valence electrons. The third-order valence-corrected chi connectivity index (χ3v) is 2.31. The Kier molecular flexibility index (Phi) is 4.31. The molecule has 0 saturated carbocycles. The van der Waals surface area contributed by atoms with E-state index in [2.05, 4.69) is 5.32 Å². The van der Waals surface area contributed by atoms with Gasteiger partial charge in [0.05, 0.1) is 6.61 Å². The second-order valence-corrected chi connectivity index (χ2v) is 3.70. The SMILES string of the molecule is NCCCC(=O)NCC1(O)CCOC1. The summed E-state index contributed by atoms with van der Waals surface area (Å²) in [4.78, 5) is 11.2. The highest BCUT2D eigenvalue weighted by atomic mass is 16.5. The highest BCUT2D eigenvalue weighted by Crippen LogP contribution is 2.16. The Morgan fingerprint density at radius 1 is 1.64 bits per heavy atom. The predicted molar refractivity (Wildman–Crippen MR) is 51.7 cm³/mol. The monoisotopic (exact) mass is 202 g/mol. The Morgan fingerprint density at radius 2 is 2.43 bits per heavy atom. The van der Waals surface area contributed by atoms with E-state index >= 15 is 0 Å². The van der Waals surface area contributed by atoms with E-state index in [4.69, 9.17) is 10.5 Å². The fourth-order valence-corrected chi connectivity index (χ4v) is 1.35. The van der Waals surface area contributed by atoms with E-state index in [9.17, 15) is 9.90 Å². The molecule has 1 aliphatic heterocycles. The van der Waals surface area contributed by atoms with E-state index in [1.165, 1.54) is 0 Å². The third-order valence-electron chi connectivity index (χ3n) is 2.31. The number of carbonyl (C=O) groups excluding carboxylic acids is 1. The number of aliphatic hydroxyl groups is 1. The number of amides is 1. The first kappa shape index (κ1) is 11.4. The molecule has 0 aromatic rings. The molecule has 0 aromatic heterocycles. The van der Waals surface area contributed by atoms with Crippen molar-refractivity contribution in [3.63, 3.8) is 0 Å². The number of hydrogen-bond acceptors (Lipinski definition) is 4. The lowest BCUT2D eigenvalue weighted by atomic mass is 10.0. The van der Waals surface area contributed by atoms with Crippen molar-refractivity contribution in [2.45, 2.75) is 24.9 Å². The summed E-state index contributed by atoms with van der Waals surface area (Å²) in [5.74, 6) is -0.0595. The Balaban J connectivity index is 2.15. The van der Waals surface area contributed by atoms with Crippen LogP contribution in [0.3, 0.4) is 0 Å². The van der Waals surface area contributed by atoms with Crippen LogP contribution in [0.2, 0.25) is 0 Å². The lowest BCUT2D eigenvalue weighted by Gasteiger charge is -2.20. The number of nitrogens with one attached hydrogen (secondary N) is 1. The van der Waals surface area contributed by atoms with Gasteiger partial charge in [-0.2, -0.15) is 0 Å². The first-order valence-corrected chi connectivity index (χ1v) is 4.93. The molecule has 0 radical (unpaired) electrons. The lowest BCUT2D eigenvalue weighted by Crippen LogP contribution is -2.43. The first-order valence-electron chi connectivity index (χ1n) is 4.93. The van der Waals surface area contributed by atoms with Gasteiger partial charge in [-0.05, 0) is 13.0 Å². The molecular weight excluding hydrogens is 184 g/mol. The largest absolute Gasteiger partial charge is 0.386 e. The fourth-order valence-electron chi connectivity index (χ4n) is 1.35. The van der Waals surface area contributed by atoms with Crippen LogP contribution in [0.25, 0.3) is 0 Å². The third kappa shape index (κ3) is 3.61. The average Bonchev–Trinajstić information content (AvgIpc) is 2.60. The van der Waals surface area contributed by atoms with Gasteiger partial charge in [-0.15, -0.1) is 0 Å². The topological polar surface area (TPSA) is 84.6 Å². The van der Waals surface area contributed by atoms with Crippen molar-refractivity contribution in [1.29, 1.82) is 0 Å². The summed E-state index contributed by atoms with van der Waals surface area (Å²) in [6, 6.07) is 0. The standard InChI is InChI=1S/C9H18N2O3/c10-4-1-2-8(12)11-6-9(13)3-5-14-7-9/h13H,1-7,10H2,(H,11,12). The minimum Gasteiger partial charge on any atom is -0.386 e. The van der Waals surface area contributed by atoms with Crippen LogP contribution in [0, 0.1) is 0 Å². The van der Waals surface area contributed by atoms with Gasteiger partial charge in [-0.3, -0.25) is 4.79 Å². The van der Waals surface area contributed by atoms with Gasteiger partial charge in [0.2, 0.25) is 5.91 Å². The second kappa shape index (κ2) is 5.29. The first-order chi connectivity index (χ1) is 6.66. The molecule has 14 heavy (non-hydrogen) atoms. The fraction of sp³-hybridized carbons (Fsp3) is 0.889. The van der Waals surface area contributed by atoms with E-state index < -0.39 is 5.60 Å². The number of rotatable bonds is 5. The minimum atomic E-state index is -0.863. The van der Waals surface area contributed by atoms with Gasteiger partial charge in [-0.25, -0.2) is 0 Å². The van der Waals surface area contributed by atoms with Gasteiger partial charge in [0.1, 0.15) is 5.60 Å². The zero-order valence-electron chi connectivity index (χ0n) is 8.29. The summed E-state index contributed by atoms with van der Waals surface area (Å²) in [6.45, 7) is 1.66. The Bertz CT molecular complexity index is 190. The normalized spacial score (nSPS) is 26.4. The molecule has 5 heteroatoms. The summed E-state index contributed by atoms with van der Waals surface area (Å²) < 4.78 is 5.05. The minimum absolute atomic E-state index is 0.0595. The molecule has 0 aromatic carbocycles. The smallest absolute Gasteiger partial charge is 0.220 e. The molecule has 4 N–H and O–H groups in total. The molecule has 0 aliphatic carbocycles.